The van der Waals surface area contributed by atoms with Crippen molar-refractivity contribution in [2.45, 2.75) is 39.4 Å². The number of benzene rings is 1. The van der Waals surface area contributed by atoms with Crippen LogP contribution in [-0.2, 0) is 17.8 Å². The van der Waals surface area contributed by atoms with Crippen LogP contribution in [0.3, 0.4) is 0 Å². The van der Waals surface area contributed by atoms with E-state index in [2.05, 4.69) is 18.9 Å². The van der Waals surface area contributed by atoms with Crippen LogP contribution in [0.15, 0.2) is 24.3 Å². The second-order valence-corrected chi connectivity index (χ2v) is 8.66. The third kappa shape index (κ3) is 2.52. The Morgan fingerprint density at radius 1 is 1.29 bits per heavy atom. The van der Waals surface area contributed by atoms with Gasteiger partial charge in [0.2, 0.25) is 0 Å². The molecule has 0 saturated heterocycles. The van der Waals surface area contributed by atoms with Gasteiger partial charge in [0.25, 0.3) is 0 Å². The lowest BCUT2D eigenvalue weighted by Gasteiger charge is -2.30. The second-order valence-electron chi connectivity index (χ2n) is 7.57. The molecule has 0 fully saturated rings. The first-order valence-electron chi connectivity index (χ1n) is 8.96. The SMILES string of the molecule is Cc1nc2sc3c(c2c2nc(-c4ccccc4C(=O)[O-])nn12)CC(C)(C)OC3. The van der Waals surface area contributed by atoms with Crippen molar-refractivity contribution in [3.05, 3.63) is 46.1 Å². The van der Waals surface area contributed by atoms with E-state index < -0.39 is 5.97 Å². The minimum Gasteiger partial charge on any atom is -0.545 e. The summed E-state index contributed by atoms with van der Waals surface area (Å²) in [7, 11) is 0. The third-order valence-corrected chi connectivity index (χ3v) is 6.16. The fraction of sp³-hybridized carbons (Fsp3) is 0.300. The van der Waals surface area contributed by atoms with E-state index in [0.29, 0.717) is 29.5 Å². The molecule has 0 amide bonds. The maximum Gasteiger partial charge on any atom is 0.182 e. The maximum absolute atomic E-state index is 11.5. The van der Waals surface area contributed by atoms with Crippen molar-refractivity contribution in [3.8, 4) is 11.4 Å². The number of hydrogen-bond donors (Lipinski definition) is 0. The number of thiophene rings is 1. The van der Waals surface area contributed by atoms with Gasteiger partial charge in [-0.05, 0) is 26.3 Å². The quantitative estimate of drug-likeness (QED) is 0.520. The summed E-state index contributed by atoms with van der Waals surface area (Å²) in [6.45, 7) is 6.57. The number of hydrogen-bond acceptors (Lipinski definition) is 7. The Labute approximate surface area is 164 Å². The van der Waals surface area contributed by atoms with Gasteiger partial charge in [0.15, 0.2) is 11.5 Å². The molecule has 0 unspecified atom stereocenters. The molecule has 5 rings (SSSR count). The summed E-state index contributed by atoms with van der Waals surface area (Å²) in [5.74, 6) is -0.198. The molecule has 1 aliphatic rings. The van der Waals surface area contributed by atoms with Gasteiger partial charge in [-0.1, -0.05) is 24.3 Å². The highest BCUT2D eigenvalue weighted by molar-refractivity contribution is 7.19. The Morgan fingerprint density at radius 3 is 2.86 bits per heavy atom. The summed E-state index contributed by atoms with van der Waals surface area (Å²) >= 11 is 1.62. The third-order valence-electron chi connectivity index (χ3n) is 5.06. The van der Waals surface area contributed by atoms with E-state index in [-0.39, 0.29) is 11.2 Å². The molecule has 0 saturated carbocycles. The van der Waals surface area contributed by atoms with E-state index in [1.165, 1.54) is 11.6 Å². The number of aromatic nitrogens is 4. The molecule has 4 aromatic rings. The van der Waals surface area contributed by atoms with Crippen LogP contribution in [0.5, 0.6) is 0 Å². The lowest BCUT2D eigenvalue weighted by molar-refractivity contribution is -0.254. The molecule has 8 heteroatoms. The van der Waals surface area contributed by atoms with Crippen molar-refractivity contribution < 1.29 is 14.6 Å². The number of carbonyl (C=O) groups is 1. The molecule has 0 aliphatic carbocycles. The number of rotatable bonds is 2. The molecule has 1 aliphatic heterocycles. The summed E-state index contributed by atoms with van der Waals surface area (Å²) < 4.78 is 7.64. The molecule has 0 N–H and O–H groups in total. The number of carboxylic acids is 1. The topological polar surface area (TPSA) is 92.4 Å². The molecule has 28 heavy (non-hydrogen) atoms. The van der Waals surface area contributed by atoms with Gasteiger partial charge in [-0.3, -0.25) is 0 Å². The van der Waals surface area contributed by atoms with Gasteiger partial charge in [-0.2, -0.15) is 4.52 Å². The van der Waals surface area contributed by atoms with Crippen LogP contribution in [0, 0.1) is 6.92 Å². The standard InChI is InChI=1S/C20H18N4O3S/c1-10-21-18-15(13-8-20(2,3)27-9-14(13)28-18)17-22-16(23-24(10)17)11-6-4-5-7-12(11)19(25)26/h4-7H,8-9H2,1-3H3,(H,25,26)/p-1. The number of nitrogens with zero attached hydrogens (tertiary/aromatic N) is 4. The van der Waals surface area contributed by atoms with Gasteiger partial charge < -0.3 is 14.6 Å². The van der Waals surface area contributed by atoms with Crippen molar-refractivity contribution in [1.29, 1.82) is 0 Å². The highest BCUT2D eigenvalue weighted by atomic mass is 32.1. The first kappa shape index (κ1) is 17.3. The predicted octanol–water partition coefficient (Wildman–Crippen LogP) is 2.53. The normalized spacial score (nSPS) is 15.8. The van der Waals surface area contributed by atoms with Gasteiger partial charge in [0, 0.05) is 22.4 Å². The number of carboxylic acid groups (broad SMARTS) is 1. The largest absolute Gasteiger partial charge is 0.545 e. The average Bonchev–Trinajstić information content (AvgIpc) is 3.22. The second kappa shape index (κ2) is 5.83. The van der Waals surface area contributed by atoms with Gasteiger partial charge in [-0.15, -0.1) is 16.4 Å². The minimum atomic E-state index is -1.25. The highest BCUT2D eigenvalue weighted by Gasteiger charge is 2.31. The van der Waals surface area contributed by atoms with Gasteiger partial charge >= 0.3 is 0 Å². The van der Waals surface area contributed by atoms with Gasteiger partial charge in [0.1, 0.15) is 10.7 Å². The Hall–Kier alpha value is -2.84. The number of fused-ring (bicyclic) bond motifs is 5. The lowest BCUT2D eigenvalue weighted by Crippen LogP contribution is -2.31. The van der Waals surface area contributed by atoms with Gasteiger partial charge in [0.05, 0.1) is 23.6 Å². The zero-order valence-corrected chi connectivity index (χ0v) is 16.5. The molecule has 3 aromatic heterocycles. The van der Waals surface area contributed by atoms with Crippen molar-refractivity contribution in [2.75, 3.05) is 0 Å². The smallest absolute Gasteiger partial charge is 0.182 e. The van der Waals surface area contributed by atoms with E-state index in [4.69, 9.17) is 14.7 Å². The summed E-state index contributed by atoms with van der Waals surface area (Å²) in [5, 5.41) is 17.1. The number of aromatic carboxylic acids is 1. The maximum atomic E-state index is 11.5. The molecule has 142 valence electrons. The summed E-state index contributed by atoms with van der Waals surface area (Å²) in [5.41, 5.74) is 2.14. The van der Waals surface area contributed by atoms with Crippen LogP contribution in [-0.4, -0.2) is 31.2 Å². The number of aryl methyl sites for hydroxylation is 1. The van der Waals surface area contributed by atoms with Crippen LogP contribution in [0.25, 0.3) is 27.3 Å². The van der Waals surface area contributed by atoms with Crippen LogP contribution in [0.1, 0.15) is 40.5 Å². The Balaban J connectivity index is 1.81. The molecule has 0 spiro atoms. The number of ether oxygens (including phenoxy) is 1. The van der Waals surface area contributed by atoms with Crippen molar-refractivity contribution in [2.24, 2.45) is 0 Å². The van der Waals surface area contributed by atoms with Crippen molar-refractivity contribution in [3.63, 3.8) is 0 Å². The molecule has 4 heterocycles. The average molecular weight is 393 g/mol. The fourth-order valence-electron chi connectivity index (χ4n) is 3.71. The molecular weight excluding hydrogens is 376 g/mol. The summed E-state index contributed by atoms with van der Waals surface area (Å²) in [6, 6.07) is 6.62. The first-order valence-corrected chi connectivity index (χ1v) is 9.78. The van der Waals surface area contributed by atoms with Crippen LogP contribution < -0.4 is 5.11 Å². The van der Waals surface area contributed by atoms with E-state index in [9.17, 15) is 9.90 Å². The Morgan fingerprint density at radius 2 is 2.07 bits per heavy atom. The lowest BCUT2D eigenvalue weighted by atomic mass is 9.94. The van der Waals surface area contributed by atoms with E-state index in [1.807, 2.05) is 6.92 Å². The molecule has 0 radical (unpaired) electrons. The van der Waals surface area contributed by atoms with Crippen molar-refractivity contribution >= 4 is 33.2 Å². The van der Waals surface area contributed by atoms with E-state index in [0.717, 1.165) is 21.5 Å². The molecule has 1 aromatic carbocycles. The highest BCUT2D eigenvalue weighted by Crippen LogP contribution is 2.40. The first-order chi connectivity index (χ1) is 13.3. The Kier molecular flexibility index (Phi) is 3.59. The molecule has 7 nitrogen and oxygen atoms in total. The monoisotopic (exact) mass is 393 g/mol. The van der Waals surface area contributed by atoms with Crippen LogP contribution >= 0.6 is 11.3 Å². The van der Waals surface area contributed by atoms with E-state index >= 15 is 0 Å². The zero-order valence-electron chi connectivity index (χ0n) is 15.6. The van der Waals surface area contributed by atoms with Crippen LogP contribution in [0.2, 0.25) is 0 Å². The molecule has 0 atom stereocenters. The summed E-state index contributed by atoms with van der Waals surface area (Å²) in [6.07, 6.45) is 0.764. The molecular formula is C20H17N4O3S-. The molecule has 0 bridgehead atoms. The number of carbonyl (C=O) groups excluding carboxylic acids is 1. The van der Waals surface area contributed by atoms with Gasteiger partial charge in [-0.25, -0.2) is 9.97 Å². The fourth-order valence-corrected chi connectivity index (χ4v) is 4.86. The van der Waals surface area contributed by atoms with E-state index in [1.54, 1.807) is 34.1 Å². The van der Waals surface area contributed by atoms with Crippen LogP contribution in [0.4, 0.5) is 0 Å². The Bertz CT molecular complexity index is 1270. The predicted molar refractivity (Wildman–Crippen MR) is 103 cm³/mol. The minimum absolute atomic E-state index is 0.0714. The van der Waals surface area contributed by atoms with Crippen molar-refractivity contribution in [1.82, 2.24) is 19.6 Å². The summed E-state index contributed by atoms with van der Waals surface area (Å²) in [4.78, 5) is 23.0. The zero-order chi connectivity index (χ0) is 19.6.